The van der Waals surface area contributed by atoms with Crippen molar-refractivity contribution in [2.45, 2.75) is 39.5 Å². The predicted molar refractivity (Wildman–Crippen MR) is 80.3 cm³/mol. The van der Waals surface area contributed by atoms with Gasteiger partial charge in [-0.2, -0.15) is 0 Å². The third-order valence-corrected chi connectivity index (χ3v) is 4.44. The largest absolute Gasteiger partial charge is 0.302 e. The van der Waals surface area contributed by atoms with Gasteiger partial charge in [-0.15, -0.1) is 0 Å². The minimum atomic E-state index is 0.171. The van der Waals surface area contributed by atoms with Gasteiger partial charge in [0.25, 0.3) is 0 Å². The molecule has 1 saturated carbocycles. The van der Waals surface area contributed by atoms with E-state index in [-0.39, 0.29) is 11.7 Å². The van der Waals surface area contributed by atoms with Gasteiger partial charge < -0.3 is 4.90 Å². The first kappa shape index (κ1) is 14.8. The van der Waals surface area contributed by atoms with Gasteiger partial charge in [0.1, 0.15) is 0 Å². The molecular weight excluding hydrogens is 258 g/mol. The van der Waals surface area contributed by atoms with Crippen LogP contribution in [0.3, 0.4) is 0 Å². The predicted octanol–water partition coefficient (Wildman–Crippen LogP) is 3.77. The highest BCUT2D eigenvalue weighted by Crippen LogP contribution is 2.31. The summed E-state index contributed by atoms with van der Waals surface area (Å²) in [5.74, 6) is 1.36. The molecule has 1 heterocycles. The summed E-state index contributed by atoms with van der Waals surface area (Å²) in [5.41, 5.74) is 0.793. The number of nitrogens with zero attached hydrogens (tertiary/aromatic N) is 1. The van der Waals surface area contributed by atoms with E-state index in [1.165, 1.54) is 25.9 Å². The number of ketones is 1. The standard InChI is InChI=1S/C16H24ClNO/c1-3-15(17)9-12(2)16(19)14-5-4-8-18(11-14)10-13-6-7-13/h3,9,13-14H,4-8,10-11H2,1-2H3/b12-9+,15-3+/t14-/m0/s1. The molecule has 2 aliphatic rings. The lowest BCUT2D eigenvalue weighted by Crippen LogP contribution is -2.39. The van der Waals surface area contributed by atoms with Crippen molar-refractivity contribution in [3.8, 4) is 0 Å². The summed E-state index contributed by atoms with van der Waals surface area (Å²) in [7, 11) is 0. The van der Waals surface area contributed by atoms with E-state index in [0.717, 1.165) is 30.9 Å². The molecule has 0 spiro atoms. The normalized spacial score (nSPS) is 26.6. The quantitative estimate of drug-likeness (QED) is 0.565. The molecule has 0 aromatic carbocycles. The van der Waals surface area contributed by atoms with E-state index in [9.17, 15) is 4.79 Å². The van der Waals surface area contributed by atoms with Gasteiger partial charge in [0.2, 0.25) is 0 Å². The SMILES string of the molecule is C/C=C(Cl)\C=C(/C)C(=O)[C@H]1CCCN(CC2CC2)C1. The van der Waals surface area contributed by atoms with E-state index in [0.29, 0.717) is 5.03 Å². The Morgan fingerprint density at radius 1 is 1.37 bits per heavy atom. The Bertz CT molecular complexity index is 396. The van der Waals surface area contributed by atoms with Crippen LogP contribution in [0.25, 0.3) is 0 Å². The lowest BCUT2D eigenvalue weighted by molar-refractivity contribution is -0.120. The van der Waals surface area contributed by atoms with E-state index in [2.05, 4.69) is 4.90 Å². The van der Waals surface area contributed by atoms with E-state index in [4.69, 9.17) is 11.6 Å². The monoisotopic (exact) mass is 281 g/mol. The fourth-order valence-electron chi connectivity index (χ4n) is 2.78. The molecule has 0 aromatic rings. The van der Waals surface area contributed by atoms with Crippen molar-refractivity contribution < 1.29 is 4.79 Å². The van der Waals surface area contributed by atoms with Crippen LogP contribution in [0.5, 0.6) is 0 Å². The first-order chi connectivity index (χ1) is 9.10. The molecule has 106 valence electrons. The van der Waals surface area contributed by atoms with Crippen molar-refractivity contribution in [3.63, 3.8) is 0 Å². The van der Waals surface area contributed by atoms with Gasteiger partial charge in [0, 0.05) is 24.0 Å². The summed E-state index contributed by atoms with van der Waals surface area (Å²) in [6, 6.07) is 0. The molecule has 1 saturated heterocycles. The van der Waals surface area contributed by atoms with E-state index >= 15 is 0 Å². The molecule has 0 aromatic heterocycles. The first-order valence-corrected chi connectivity index (χ1v) is 7.74. The Labute approximate surface area is 121 Å². The van der Waals surface area contributed by atoms with Gasteiger partial charge in [-0.3, -0.25) is 4.79 Å². The van der Waals surface area contributed by atoms with Crippen LogP contribution in [0.1, 0.15) is 39.5 Å². The molecule has 0 amide bonds. The maximum Gasteiger partial charge on any atom is 0.162 e. The Balaban J connectivity index is 1.92. The van der Waals surface area contributed by atoms with Gasteiger partial charge in [-0.25, -0.2) is 0 Å². The maximum atomic E-state index is 12.4. The van der Waals surface area contributed by atoms with Gasteiger partial charge in [0.15, 0.2) is 5.78 Å². The van der Waals surface area contributed by atoms with Gasteiger partial charge >= 0.3 is 0 Å². The number of Topliss-reactive ketones (excluding diaryl/α,β-unsaturated/α-hetero) is 1. The van der Waals surface area contributed by atoms with Crippen LogP contribution >= 0.6 is 11.6 Å². The summed E-state index contributed by atoms with van der Waals surface area (Å²) in [5, 5.41) is 0.650. The number of allylic oxidation sites excluding steroid dienone is 4. The fourth-order valence-corrected chi connectivity index (χ4v) is 2.95. The number of carbonyl (C=O) groups excluding carboxylic acids is 1. The summed E-state index contributed by atoms with van der Waals surface area (Å²) in [4.78, 5) is 14.9. The fraction of sp³-hybridized carbons (Fsp3) is 0.688. The number of rotatable bonds is 5. The molecule has 0 unspecified atom stereocenters. The average Bonchev–Trinajstić information content (AvgIpc) is 3.21. The third-order valence-electron chi connectivity index (χ3n) is 4.11. The minimum Gasteiger partial charge on any atom is -0.302 e. The maximum absolute atomic E-state index is 12.4. The van der Waals surface area contributed by atoms with Crippen molar-refractivity contribution in [1.82, 2.24) is 4.90 Å². The second-order valence-electron chi connectivity index (χ2n) is 5.91. The summed E-state index contributed by atoms with van der Waals surface area (Å²) in [6.45, 7) is 7.07. The lowest BCUT2D eigenvalue weighted by atomic mass is 9.90. The van der Waals surface area contributed by atoms with Crippen molar-refractivity contribution >= 4 is 17.4 Å². The van der Waals surface area contributed by atoms with Crippen LogP contribution in [0.2, 0.25) is 0 Å². The van der Waals surface area contributed by atoms with Crippen LogP contribution in [0.15, 0.2) is 22.8 Å². The minimum absolute atomic E-state index is 0.171. The number of hydrogen-bond acceptors (Lipinski definition) is 2. The zero-order valence-electron chi connectivity index (χ0n) is 12.0. The smallest absolute Gasteiger partial charge is 0.162 e. The second-order valence-corrected chi connectivity index (χ2v) is 6.34. The zero-order chi connectivity index (χ0) is 13.8. The molecule has 2 rings (SSSR count). The molecule has 2 fully saturated rings. The number of halogens is 1. The van der Waals surface area contributed by atoms with Crippen LogP contribution in [-0.4, -0.2) is 30.3 Å². The van der Waals surface area contributed by atoms with Crippen LogP contribution < -0.4 is 0 Å². The highest BCUT2D eigenvalue weighted by Gasteiger charge is 2.30. The van der Waals surface area contributed by atoms with E-state index < -0.39 is 0 Å². The summed E-state index contributed by atoms with van der Waals surface area (Å²) in [6.07, 6.45) is 8.55. The Morgan fingerprint density at radius 3 is 2.74 bits per heavy atom. The van der Waals surface area contributed by atoms with Gasteiger partial charge in [-0.1, -0.05) is 17.7 Å². The van der Waals surface area contributed by atoms with Crippen LogP contribution in [-0.2, 0) is 4.79 Å². The molecule has 1 aliphatic carbocycles. The summed E-state index contributed by atoms with van der Waals surface area (Å²) >= 11 is 5.97. The van der Waals surface area contributed by atoms with Crippen molar-refractivity contribution in [2.24, 2.45) is 11.8 Å². The highest BCUT2D eigenvalue weighted by molar-refractivity contribution is 6.31. The molecule has 1 aliphatic heterocycles. The van der Waals surface area contributed by atoms with E-state index in [1.807, 2.05) is 19.9 Å². The Kier molecular flexibility index (Phi) is 5.23. The molecule has 2 nitrogen and oxygen atoms in total. The lowest BCUT2D eigenvalue weighted by Gasteiger charge is -2.32. The summed E-state index contributed by atoms with van der Waals surface area (Å²) < 4.78 is 0. The Morgan fingerprint density at radius 2 is 2.11 bits per heavy atom. The number of piperidine rings is 1. The molecule has 1 atom stereocenters. The number of carbonyl (C=O) groups is 1. The molecule has 0 bridgehead atoms. The molecule has 3 heteroatoms. The van der Waals surface area contributed by atoms with Crippen LogP contribution in [0, 0.1) is 11.8 Å². The Hall–Kier alpha value is -0.600. The molecule has 19 heavy (non-hydrogen) atoms. The molecular formula is C16H24ClNO. The van der Waals surface area contributed by atoms with Crippen molar-refractivity contribution in [1.29, 1.82) is 0 Å². The first-order valence-electron chi connectivity index (χ1n) is 7.37. The van der Waals surface area contributed by atoms with Gasteiger partial charge in [-0.05, 0) is 63.6 Å². The average molecular weight is 282 g/mol. The second kappa shape index (κ2) is 6.71. The van der Waals surface area contributed by atoms with Crippen molar-refractivity contribution in [2.75, 3.05) is 19.6 Å². The van der Waals surface area contributed by atoms with Crippen LogP contribution in [0.4, 0.5) is 0 Å². The third kappa shape index (κ3) is 4.47. The van der Waals surface area contributed by atoms with Gasteiger partial charge in [0.05, 0.1) is 0 Å². The zero-order valence-corrected chi connectivity index (χ0v) is 12.7. The molecule has 0 N–H and O–H groups in total. The topological polar surface area (TPSA) is 20.3 Å². The number of hydrogen-bond donors (Lipinski definition) is 0. The number of likely N-dealkylation sites (tertiary alicyclic amines) is 1. The molecule has 0 radical (unpaired) electrons. The van der Waals surface area contributed by atoms with E-state index in [1.54, 1.807) is 6.08 Å². The van der Waals surface area contributed by atoms with Crippen molar-refractivity contribution in [3.05, 3.63) is 22.8 Å². The highest BCUT2D eigenvalue weighted by atomic mass is 35.5.